The van der Waals surface area contributed by atoms with Crippen molar-refractivity contribution in [1.29, 1.82) is 0 Å². The van der Waals surface area contributed by atoms with E-state index in [-0.39, 0.29) is 18.6 Å². The van der Waals surface area contributed by atoms with Crippen LogP contribution in [0.3, 0.4) is 0 Å². The van der Waals surface area contributed by atoms with Crippen molar-refractivity contribution in [3.05, 3.63) is 102 Å². The minimum Gasteiger partial charge on any atom is -0.494 e. The Labute approximate surface area is 261 Å². The van der Waals surface area contributed by atoms with E-state index >= 15 is 0 Å². The summed E-state index contributed by atoms with van der Waals surface area (Å²) in [6.45, 7) is 7.26. The lowest BCUT2D eigenvalue weighted by molar-refractivity contribution is -0.141. The Kier molecular flexibility index (Phi) is 12.2. The highest BCUT2D eigenvalue weighted by molar-refractivity contribution is 5.98. The minimum absolute atomic E-state index is 0.0443. The first-order chi connectivity index (χ1) is 21.3. The average molecular weight is 593 g/mol. The predicted molar refractivity (Wildman–Crippen MR) is 176 cm³/mol. The van der Waals surface area contributed by atoms with Crippen LogP contribution in [0.15, 0.2) is 85.2 Å². The zero-order valence-corrected chi connectivity index (χ0v) is 26.2. The molecule has 0 bridgehead atoms. The minimum atomic E-state index is -0.972. The van der Waals surface area contributed by atoms with E-state index < -0.39 is 11.9 Å². The number of carboxylic acid groups (broad SMARTS) is 1. The summed E-state index contributed by atoms with van der Waals surface area (Å²) in [5.41, 5.74) is 5.35. The summed E-state index contributed by atoms with van der Waals surface area (Å²) in [7, 11) is 0. The van der Waals surface area contributed by atoms with Crippen molar-refractivity contribution >= 4 is 11.8 Å². The lowest BCUT2D eigenvalue weighted by atomic mass is 9.91. The summed E-state index contributed by atoms with van der Waals surface area (Å²) >= 11 is 0. The van der Waals surface area contributed by atoms with Crippen molar-refractivity contribution in [2.45, 2.75) is 72.1 Å². The quantitative estimate of drug-likeness (QED) is 0.0973. The van der Waals surface area contributed by atoms with Gasteiger partial charge in [-0.05, 0) is 54.0 Å². The Bertz CT molecular complexity index is 1460. The molecule has 1 atom stereocenters. The van der Waals surface area contributed by atoms with Crippen molar-refractivity contribution < 1.29 is 19.4 Å². The largest absolute Gasteiger partial charge is 0.494 e. The van der Waals surface area contributed by atoms with Crippen LogP contribution in [-0.2, 0) is 17.6 Å². The molecule has 6 nitrogen and oxygen atoms in total. The summed E-state index contributed by atoms with van der Waals surface area (Å²) < 4.78 is 5.87. The molecular formula is C38H44N2O4. The number of carbonyl (C=O) groups excluding carboxylic acids is 1. The summed E-state index contributed by atoms with van der Waals surface area (Å²) in [4.78, 5) is 34.0. The van der Waals surface area contributed by atoms with Crippen molar-refractivity contribution in [1.82, 2.24) is 9.97 Å². The topological polar surface area (TPSA) is 89.4 Å². The predicted octanol–water partition coefficient (Wildman–Crippen LogP) is 8.87. The fourth-order valence-corrected chi connectivity index (χ4v) is 5.23. The van der Waals surface area contributed by atoms with E-state index in [4.69, 9.17) is 4.74 Å². The molecule has 0 unspecified atom stereocenters. The van der Waals surface area contributed by atoms with Crippen molar-refractivity contribution in [2.24, 2.45) is 11.8 Å². The van der Waals surface area contributed by atoms with Gasteiger partial charge in [-0.3, -0.25) is 9.59 Å². The van der Waals surface area contributed by atoms with Gasteiger partial charge in [-0.1, -0.05) is 107 Å². The second-order valence-electron chi connectivity index (χ2n) is 11.9. The van der Waals surface area contributed by atoms with Gasteiger partial charge in [0.2, 0.25) is 0 Å². The molecule has 1 aromatic heterocycles. The summed E-state index contributed by atoms with van der Waals surface area (Å²) in [5.74, 6) is 0.0602. The first-order valence-corrected chi connectivity index (χ1v) is 15.8. The highest BCUT2D eigenvalue weighted by Crippen LogP contribution is 2.24. The van der Waals surface area contributed by atoms with Gasteiger partial charge < -0.3 is 9.84 Å². The monoisotopic (exact) mass is 592 g/mol. The summed E-state index contributed by atoms with van der Waals surface area (Å²) in [6, 6.07) is 23.1. The number of hydrogen-bond acceptors (Lipinski definition) is 5. The van der Waals surface area contributed by atoms with Crippen molar-refractivity contribution in [3.63, 3.8) is 0 Å². The average Bonchev–Trinajstić information content (AvgIpc) is 3.03. The van der Waals surface area contributed by atoms with Crippen LogP contribution in [0.4, 0.5) is 0 Å². The molecule has 4 aromatic rings. The van der Waals surface area contributed by atoms with Gasteiger partial charge in [0.05, 0.1) is 12.5 Å². The summed E-state index contributed by atoms with van der Waals surface area (Å²) in [5, 5.41) is 9.84. The number of aromatic nitrogens is 2. The van der Waals surface area contributed by atoms with Gasteiger partial charge in [0.25, 0.3) is 0 Å². The Balaban J connectivity index is 1.31. The molecule has 6 heteroatoms. The first-order valence-electron chi connectivity index (χ1n) is 15.8. The van der Waals surface area contributed by atoms with Gasteiger partial charge in [-0.2, -0.15) is 0 Å². The lowest BCUT2D eigenvalue weighted by Gasteiger charge is -2.13. The molecule has 1 N–H and O–H groups in total. The SMILES string of the molecule is CCCCCCCOc1ccc(-c2cnc(-c3ccc(C[C@H](CC(=O)c4ccc(CC(C)C)cc4)C(=O)O)cc3)nc2)cc1. The third kappa shape index (κ3) is 9.87. The number of aliphatic carboxylic acids is 1. The van der Waals surface area contributed by atoms with Crippen LogP contribution >= 0.6 is 0 Å². The van der Waals surface area contributed by atoms with Gasteiger partial charge in [0.15, 0.2) is 11.6 Å². The van der Waals surface area contributed by atoms with Gasteiger partial charge in [-0.25, -0.2) is 9.97 Å². The molecule has 1 heterocycles. The molecule has 44 heavy (non-hydrogen) atoms. The van der Waals surface area contributed by atoms with Crippen LogP contribution in [-0.4, -0.2) is 33.4 Å². The standard InChI is InChI=1S/C38H44N2O4/c1-4-5-6-7-8-21-44-35-19-17-30(18-20-35)34-25-39-37(40-26-34)32-15-11-29(12-16-32)23-33(38(42)43)24-36(41)31-13-9-28(10-14-31)22-27(2)3/h9-20,25-27,33H,4-8,21-24H2,1-3H3,(H,42,43)/t33-/m1/s1. The molecule has 0 radical (unpaired) electrons. The highest BCUT2D eigenvalue weighted by Gasteiger charge is 2.23. The van der Waals surface area contributed by atoms with Crippen LogP contribution in [0.1, 0.15) is 80.8 Å². The van der Waals surface area contributed by atoms with Crippen LogP contribution in [0.5, 0.6) is 5.75 Å². The molecular weight excluding hydrogens is 548 g/mol. The van der Waals surface area contributed by atoms with Crippen LogP contribution < -0.4 is 4.74 Å². The van der Waals surface area contributed by atoms with Crippen LogP contribution in [0.25, 0.3) is 22.5 Å². The fraction of sp³-hybridized carbons (Fsp3) is 0.368. The Morgan fingerprint density at radius 1 is 0.727 bits per heavy atom. The van der Waals surface area contributed by atoms with Crippen molar-refractivity contribution in [3.8, 4) is 28.3 Å². The number of rotatable bonds is 17. The number of Topliss-reactive ketones (excluding diaryl/α,β-unsaturated/α-hetero) is 1. The molecule has 4 rings (SSSR count). The van der Waals surface area contributed by atoms with Crippen LogP contribution in [0.2, 0.25) is 0 Å². The van der Waals surface area contributed by atoms with Gasteiger partial charge in [-0.15, -0.1) is 0 Å². The van der Waals surface area contributed by atoms with E-state index in [1.807, 2.05) is 60.7 Å². The zero-order valence-electron chi connectivity index (χ0n) is 26.2. The van der Waals surface area contributed by atoms with Crippen molar-refractivity contribution in [2.75, 3.05) is 6.61 Å². The Morgan fingerprint density at radius 3 is 1.93 bits per heavy atom. The zero-order chi connectivity index (χ0) is 31.3. The van der Waals surface area contributed by atoms with E-state index in [1.165, 1.54) is 31.2 Å². The fourth-order valence-electron chi connectivity index (χ4n) is 5.23. The summed E-state index contributed by atoms with van der Waals surface area (Å²) in [6.07, 6.45) is 10.9. The second kappa shape index (κ2) is 16.5. The van der Waals surface area contributed by atoms with E-state index in [0.29, 0.717) is 17.3 Å². The molecule has 0 aliphatic rings. The molecule has 0 aliphatic heterocycles. The molecule has 0 spiro atoms. The maximum atomic E-state index is 12.9. The Morgan fingerprint density at radius 2 is 1.32 bits per heavy atom. The number of unbranched alkanes of at least 4 members (excludes halogenated alkanes) is 4. The van der Waals surface area contributed by atoms with E-state index in [2.05, 4.69) is 30.7 Å². The van der Waals surface area contributed by atoms with Crippen LogP contribution in [0, 0.1) is 11.8 Å². The molecule has 0 saturated heterocycles. The second-order valence-corrected chi connectivity index (χ2v) is 11.9. The number of benzene rings is 3. The molecule has 3 aromatic carbocycles. The van der Waals surface area contributed by atoms with Gasteiger partial charge in [0.1, 0.15) is 5.75 Å². The van der Waals surface area contributed by atoms with E-state index in [1.54, 1.807) is 24.5 Å². The highest BCUT2D eigenvalue weighted by atomic mass is 16.5. The number of nitrogens with zero attached hydrogens (tertiary/aromatic N) is 2. The third-order valence-corrected chi connectivity index (χ3v) is 7.75. The smallest absolute Gasteiger partial charge is 0.307 e. The third-order valence-electron chi connectivity index (χ3n) is 7.75. The molecule has 0 saturated carbocycles. The maximum Gasteiger partial charge on any atom is 0.307 e. The normalized spacial score (nSPS) is 11.8. The molecule has 0 fully saturated rings. The van der Waals surface area contributed by atoms with Gasteiger partial charge in [0, 0.05) is 35.5 Å². The number of ketones is 1. The number of hydrogen-bond donors (Lipinski definition) is 1. The Hall–Kier alpha value is -4.32. The number of carbonyl (C=O) groups is 2. The molecule has 0 aliphatic carbocycles. The van der Waals surface area contributed by atoms with E-state index in [0.717, 1.165) is 47.5 Å². The first kappa shape index (κ1) is 32.6. The molecule has 0 amide bonds. The van der Waals surface area contributed by atoms with Gasteiger partial charge >= 0.3 is 5.97 Å². The number of carboxylic acids is 1. The number of ether oxygens (including phenoxy) is 1. The van der Waals surface area contributed by atoms with E-state index in [9.17, 15) is 14.7 Å². The molecule has 230 valence electrons. The lowest BCUT2D eigenvalue weighted by Crippen LogP contribution is -2.20. The maximum absolute atomic E-state index is 12.9.